The van der Waals surface area contributed by atoms with Crippen LogP contribution >= 0.6 is 11.6 Å². The number of ether oxygens (including phenoxy) is 2. The first-order valence-corrected chi connectivity index (χ1v) is 10.1. The molecule has 28 heavy (non-hydrogen) atoms. The molecule has 0 saturated carbocycles. The van der Waals surface area contributed by atoms with Crippen molar-refractivity contribution >= 4 is 34.1 Å². The zero-order chi connectivity index (χ0) is 19.1. The molecule has 2 aliphatic rings. The van der Waals surface area contributed by atoms with E-state index in [2.05, 4.69) is 16.4 Å². The van der Waals surface area contributed by atoms with Crippen LogP contribution in [0.2, 0.25) is 5.02 Å². The van der Waals surface area contributed by atoms with Crippen LogP contribution in [0.1, 0.15) is 40.9 Å². The van der Waals surface area contributed by atoms with E-state index >= 15 is 0 Å². The summed E-state index contributed by atoms with van der Waals surface area (Å²) >= 11 is 6.39. The van der Waals surface area contributed by atoms with Crippen molar-refractivity contribution in [1.29, 1.82) is 0 Å². The number of aromatic nitrogens is 1. The second kappa shape index (κ2) is 7.06. The number of benzene rings is 2. The molecule has 0 bridgehead atoms. The van der Waals surface area contributed by atoms with E-state index in [1.54, 1.807) is 12.1 Å². The van der Waals surface area contributed by atoms with Gasteiger partial charge >= 0.3 is 0 Å². The van der Waals surface area contributed by atoms with Crippen LogP contribution in [0, 0.1) is 0 Å². The molecular formula is C22H21ClN2O3. The molecule has 6 heteroatoms. The largest absolute Gasteiger partial charge is 0.490 e. The van der Waals surface area contributed by atoms with E-state index in [9.17, 15) is 4.79 Å². The summed E-state index contributed by atoms with van der Waals surface area (Å²) in [7, 11) is 0. The maximum atomic E-state index is 13.1. The predicted molar refractivity (Wildman–Crippen MR) is 110 cm³/mol. The maximum absolute atomic E-state index is 13.1. The normalized spacial score (nSPS) is 15.8. The number of anilines is 1. The minimum Gasteiger partial charge on any atom is -0.490 e. The zero-order valence-electron chi connectivity index (χ0n) is 15.4. The molecule has 3 aromatic rings. The minimum atomic E-state index is -0.194. The molecule has 0 spiro atoms. The Morgan fingerprint density at radius 1 is 1.04 bits per heavy atom. The minimum absolute atomic E-state index is 0.194. The summed E-state index contributed by atoms with van der Waals surface area (Å²) < 4.78 is 11.4. The highest BCUT2D eigenvalue weighted by Gasteiger charge is 2.21. The van der Waals surface area contributed by atoms with Crippen molar-refractivity contribution in [3.63, 3.8) is 0 Å². The number of fused-ring (bicyclic) bond motifs is 4. The molecule has 1 aliphatic carbocycles. The van der Waals surface area contributed by atoms with Crippen molar-refractivity contribution < 1.29 is 14.3 Å². The van der Waals surface area contributed by atoms with Gasteiger partial charge in [-0.1, -0.05) is 23.7 Å². The molecule has 0 saturated heterocycles. The first-order chi connectivity index (χ1) is 13.7. The molecule has 0 unspecified atom stereocenters. The molecule has 2 N–H and O–H groups in total. The lowest BCUT2D eigenvalue weighted by atomic mass is 9.95. The van der Waals surface area contributed by atoms with E-state index in [4.69, 9.17) is 21.1 Å². The molecule has 1 amide bonds. The third-order valence-electron chi connectivity index (χ3n) is 5.46. The van der Waals surface area contributed by atoms with Crippen molar-refractivity contribution in [1.82, 2.24) is 4.98 Å². The quantitative estimate of drug-likeness (QED) is 0.632. The van der Waals surface area contributed by atoms with Gasteiger partial charge in [0.05, 0.1) is 35.0 Å². The fraction of sp³-hybridized carbons (Fsp3) is 0.318. The van der Waals surface area contributed by atoms with Crippen molar-refractivity contribution in [3.8, 4) is 11.5 Å². The lowest BCUT2D eigenvalue weighted by molar-refractivity contribution is 0.102. The van der Waals surface area contributed by atoms with Crippen molar-refractivity contribution in [2.75, 3.05) is 18.5 Å². The van der Waals surface area contributed by atoms with E-state index in [1.165, 1.54) is 24.1 Å². The van der Waals surface area contributed by atoms with Gasteiger partial charge in [-0.2, -0.15) is 0 Å². The third-order valence-corrected chi connectivity index (χ3v) is 5.78. The summed E-state index contributed by atoms with van der Waals surface area (Å²) in [6.45, 7) is 1.17. The number of hydrogen-bond donors (Lipinski definition) is 2. The van der Waals surface area contributed by atoms with Gasteiger partial charge in [0.1, 0.15) is 0 Å². The van der Waals surface area contributed by atoms with Crippen molar-refractivity contribution in [3.05, 3.63) is 52.2 Å². The van der Waals surface area contributed by atoms with Gasteiger partial charge in [0, 0.05) is 29.6 Å². The van der Waals surface area contributed by atoms with E-state index in [-0.39, 0.29) is 5.91 Å². The van der Waals surface area contributed by atoms with Crippen LogP contribution in [0.15, 0.2) is 30.3 Å². The van der Waals surface area contributed by atoms with Crippen LogP contribution < -0.4 is 14.8 Å². The van der Waals surface area contributed by atoms with Crippen molar-refractivity contribution in [2.24, 2.45) is 0 Å². The number of carbonyl (C=O) groups is 1. The fourth-order valence-corrected chi connectivity index (χ4v) is 4.29. The van der Waals surface area contributed by atoms with Gasteiger partial charge in [-0.3, -0.25) is 4.79 Å². The Morgan fingerprint density at radius 2 is 1.82 bits per heavy atom. The molecule has 1 aliphatic heterocycles. The average Bonchev–Trinajstić information content (AvgIpc) is 2.94. The van der Waals surface area contributed by atoms with Gasteiger partial charge in [-0.15, -0.1) is 0 Å². The Kier molecular flexibility index (Phi) is 4.40. The predicted octanol–water partition coefficient (Wildman–Crippen LogP) is 5.11. The summed E-state index contributed by atoms with van der Waals surface area (Å²) in [6.07, 6.45) is 5.30. The summed E-state index contributed by atoms with van der Waals surface area (Å²) in [5.74, 6) is 1.02. The van der Waals surface area contributed by atoms with Crippen LogP contribution in [0.5, 0.6) is 11.5 Å². The topological polar surface area (TPSA) is 63.4 Å². The second-order valence-electron chi connectivity index (χ2n) is 7.30. The SMILES string of the molecule is O=C(Nc1cc2c(cc1Cl)OCCCO2)c1cccc2c3c([nH]c12)CCCC3. The van der Waals surface area contributed by atoms with Crippen molar-refractivity contribution in [2.45, 2.75) is 32.1 Å². The number of aryl methyl sites for hydroxylation is 2. The number of hydrogen-bond acceptors (Lipinski definition) is 3. The smallest absolute Gasteiger partial charge is 0.257 e. The third kappa shape index (κ3) is 3.00. The molecule has 2 aromatic carbocycles. The summed E-state index contributed by atoms with van der Waals surface area (Å²) in [6, 6.07) is 9.31. The Bertz CT molecular complexity index is 1070. The second-order valence-corrected chi connectivity index (χ2v) is 7.71. The molecule has 1 aromatic heterocycles. The fourth-order valence-electron chi connectivity index (χ4n) is 4.09. The highest BCUT2D eigenvalue weighted by Crippen LogP contribution is 2.38. The number of amides is 1. The van der Waals surface area contributed by atoms with Crippen LogP contribution in [0.3, 0.4) is 0 Å². The summed E-state index contributed by atoms with van der Waals surface area (Å²) in [4.78, 5) is 16.6. The summed E-state index contributed by atoms with van der Waals surface area (Å²) in [5.41, 5.74) is 4.65. The van der Waals surface area contributed by atoms with Gasteiger partial charge in [0.25, 0.3) is 5.91 Å². The molecule has 0 radical (unpaired) electrons. The Balaban J connectivity index is 1.49. The highest BCUT2D eigenvalue weighted by molar-refractivity contribution is 6.34. The Labute approximate surface area is 168 Å². The van der Waals surface area contributed by atoms with E-state index in [0.29, 0.717) is 41.0 Å². The van der Waals surface area contributed by atoms with Crippen LogP contribution in [0.25, 0.3) is 10.9 Å². The molecule has 0 atom stereocenters. The average molecular weight is 397 g/mol. The molecule has 5 rings (SSSR count). The first kappa shape index (κ1) is 17.4. The van der Waals surface area contributed by atoms with Gasteiger partial charge < -0.3 is 19.8 Å². The van der Waals surface area contributed by atoms with E-state index < -0.39 is 0 Å². The lowest BCUT2D eigenvalue weighted by Gasteiger charge is -2.13. The van der Waals surface area contributed by atoms with Gasteiger partial charge in [-0.05, 0) is 37.3 Å². The number of H-pyrrole nitrogens is 1. The van der Waals surface area contributed by atoms with Crippen LogP contribution in [-0.2, 0) is 12.8 Å². The zero-order valence-corrected chi connectivity index (χ0v) is 16.2. The standard InChI is InChI=1S/C22H21ClN2O3/c23-16-11-19-20(28-10-4-9-27-19)12-18(16)25-22(26)15-7-3-6-14-13-5-1-2-8-17(13)24-21(14)15/h3,6-7,11-12,24H,1-2,4-5,8-10H2,(H,25,26). The lowest BCUT2D eigenvalue weighted by Crippen LogP contribution is -2.13. The number of aromatic amines is 1. The number of carbonyl (C=O) groups excluding carboxylic acids is 1. The molecule has 2 heterocycles. The Hall–Kier alpha value is -2.66. The maximum Gasteiger partial charge on any atom is 0.257 e. The van der Waals surface area contributed by atoms with Crippen LogP contribution in [0.4, 0.5) is 5.69 Å². The number of halogens is 1. The number of para-hydroxylation sites is 1. The van der Waals surface area contributed by atoms with E-state index in [0.717, 1.165) is 30.2 Å². The van der Waals surface area contributed by atoms with E-state index in [1.807, 2.05) is 12.1 Å². The van der Waals surface area contributed by atoms with Gasteiger partial charge in [-0.25, -0.2) is 0 Å². The Morgan fingerprint density at radius 3 is 2.68 bits per heavy atom. The first-order valence-electron chi connectivity index (χ1n) is 9.73. The monoisotopic (exact) mass is 396 g/mol. The molecule has 0 fully saturated rings. The molecule has 144 valence electrons. The van der Waals surface area contributed by atoms with Crippen LogP contribution in [-0.4, -0.2) is 24.1 Å². The number of nitrogens with one attached hydrogen (secondary N) is 2. The molecule has 5 nitrogen and oxygen atoms in total. The summed E-state index contributed by atoms with van der Waals surface area (Å²) in [5, 5.41) is 4.52. The van der Waals surface area contributed by atoms with Gasteiger partial charge in [0.2, 0.25) is 0 Å². The number of rotatable bonds is 2. The molecular weight excluding hydrogens is 376 g/mol. The highest BCUT2D eigenvalue weighted by atomic mass is 35.5. The van der Waals surface area contributed by atoms with Gasteiger partial charge in [0.15, 0.2) is 11.5 Å².